The molecular formula is C21H15ClN2O. The monoisotopic (exact) mass is 346 g/mol. The van der Waals surface area contributed by atoms with Gasteiger partial charge in [0.1, 0.15) is 0 Å². The minimum atomic E-state index is -0.0911. The van der Waals surface area contributed by atoms with Crippen molar-refractivity contribution in [2.24, 2.45) is 4.99 Å². The van der Waals surface area contributed by atoms with Gasteiger partial charge in [-0.1, -0.05) is 41.9 Å². The third-order valence-corrected chi connectivity index (χ3v) is 4.39. The highest BCUT2D eigenvalue weighted by Gasteiger charge is 2.24. The number of rotatable bonds is 2. The fourth-order valence-electron chi connectivity index (χ4n) is 3.09. The first-order valence-electron chi connectivity index (χ1n) is 7.98. The third kappa shape index (κ3) is 2.94. The van der Waals surface area contributed by atoms with E-state index in [1.807, 2.05) is 54.6 Å². The molecule has 0 aromatic heterocycles. The number of carbonyl (C=O) groups is 1. The molecule has 0 heterocycles. The molecule has 122 valence electrons. The van der Waals surface area contributed by atoms with Crippen molar-refractivity contribution in [3.63, 3.8) is 0 Å². The summed E-state index contributed by atoms with van der Waals surface area (Å²) >= 11 is 5.97. The van der Waals surface area contributed by atoms with Gasteiger partial charge in [0.25, 0.3) is 0 Å². The minimum Gasteiger partial charge on any atom is -0.326 e. The lowest BCUT2D eigenvalue weighted by Crippen LogP contribution is -2.06. The molecule has 1 aliphatic carbocycles. The van der Waals surface area contributed by atoms with Gasteiger partial charge in [0.05, 0.1) is 11.4 Å². The summed E-state index contributed by atoms with van der Waals surface area (Å²) in [5, 5.41) is 3.53. The van der Waals surface area contributed by atoms with Gasteiger partial charge >= 0.3 is 0 Å². The molecule has 1 N–H and O–H groups in total. The van der Waals surface area contributed by atoms with Crippen molar-refractivity contribution in [1.29, 1.82) is 0 Å². The predicted molar refractivity (Wildman–Crippen MR) is 103 cm³/mol. The summed E-state index contributed by atoms with van der Waals surface area (Å²) in [5.41, 5.74) is 6.89. The number of hydrogen-bond acceptors (Lipinski definition) is 2. The van der Waals surface area contributed by atoms with E-state index in [-0.39, 0.29) is 5.91 Å². The Morgan fingerprint density at radius 2 is 1.56 bits per heavy atom. The van der Waals surface area contributed by atoms with E-state index in [1.165, 1.54) is 6.92 Å². The van der Waals surface area contributed by atoms with Crippen LogP contribution in [0.5, 0.6) is 0 Å². The van der Waals surface area contributed by atoms with E-state index in [9.17, 15) is 4.79 Å². The highest BCUT2D eigenvalue weighted by atomic mass is 35.5. The van der Waals surface area contributed by atoms with Crippen LogP contribution in [0.3, 0.4) is 0 Å². The van der Waals surface area contributed by atoms with Crippen LogP contribution in [0.15, 0.2) is 71.7 Å². The summed E-state index contributed by atoms with van der Waals surface area (Å²) in [6, 6.07) is 21.6. The molecule has 0 saturated heterocycles. The molecule has 4 heteroatoms. The fraction of sp³-hybridized carbons (Fsp3) is 0.0476. The molecule has 0 unspecified atom stereocenters. The van der Waals surface area contributed by atoms with E-state index in [0.29, 0.717) is 5.02 Å². The summed E-state index contributed by atoms with van der Waals surface area (Å²) < 4.78 is 0. The zero-order valence-corrected chi connectivity index (χ0v) is 14.3. The van der Waals surface area contributed by atoms with Crippen LogP contribution < -0.4 is 5.32 Å². The Hall–Kier alpha value is -2.91. The van der Waals surface area contributed by atoms with E-state index in [2.05, 4.69) is 17.4 Å². The van der Waals surface area contributed by atoms with E-state index < -0.39 is 0 Å². The average molecular weight is 347 g/mol. The summed E-state index contributed by atoms with van der Waals surface area (Å²) in [7, 11) is 0. The Bertz CT molecular complexity index is 1010. The van der Waals surface area contributed by atoms with Crippen LogP contribution in [0.2, 0.25) is 5.02 Å². The Morgan fingerprint density at radius 1 is 0.880 bits per heavy atom. The van der Waals surface area contributed by atoms with Crippen LogP contribution in [-0.2, 0) is 4.79 Å². The Kier molecular flexibility index (Phi) is 3.86. The van der Waals surface area contributed by atoms with Gasteiger partial charge in [-0.2, -0.15) is 0 Å². The van der Waals surface area contributed by atoms with Gasteiger partial charge in [0.15, 0.2) is 0 Å². The first-order chi connectivity index (χ1) is 12.1. The maximum absolute atomic E-state index is 11.4. The number of nitrogens with one attached hydrogen (secondary N) is 1. The highest BCUT2D eigenvalue weighted by Crippen LogP contribution is 2.39. The number of nitrogens with zero attached hydrogens (tertiary/aromatic N) is 1. The van der Waals surface area contributed by atoms with Crippen molar-refractivity contribution in [3.05, 3.63) is 82.9 Å². The number of benzene rings is 3. The van der Waals surface area contributed by atoms with E-state index in [1.54, 1.807) is 0 Å². The van der Waals surface area contributed by atoms with Gasteiger partial charge in [-0.15, -0.1) is 0 Å². The first kappa shape index (κ1) is 15.6. The molecule has 3 aromatic rings. The maximum Gasteiger partial charge on any atom is 0.221 e. The number of carbonyl (C=O) groups excluding carboxylic acids is 1. The van der Waals surface area contributed by atoms with Crippen LogP contribution in [0.4, 0.5) is 11.4 Å². The lowest BCUT2D eigenvalue weighted by atomic mass is 10.1. The second kappa shape index (κ2) is 6.19. The molecule has 0 saturated carbocycles. The van der Waals surface area contributed by atoms with Crippen molar-refractivity contribution in [2.45, 2.75) is 6.92 Å². The molecule has 0 atom stereocenters. The standard InChI is InChI=1S/C21H15ClN2O/c1-13(25)23-16-10-11-18-17-4-2-3-5-19(17)21(20(18)12-16)24-15-8-6-14(22)7-9-15/h2-12H,1H3,(H,23,25). The zero-order valence-electron chi connectivity index (χ0n) is 13.6. The maximum atomic E-state index is 11.4. The van der Waals surface area contributed by atoms with Crippen LogP contribution in [0, 0.1) is 0 Å². The smallest absolute Gasteiger partial charge is 0.221 e. The molecule has 3 aromatic carbocycles. The van der Waals surface area contributed by atoms with E-state index in [0.717, 1.165) is 39.3 Å². The molecule has 0 spiro atoms. The third-order valence-electron chi connectivity index (χ3n) is 4.13. The summed E-state index contributed by atoms with van der Waals surface area (Å²) in [5.74, 6) is -0.0911. The van der Waals surface area contributed by atoms with Gasteiger partial charge < -0.3 is 5.32 Å². The molecule has 1 aliphatic rings. The Labute approximate surface area is 151 Å². The summed E-state index contributed by atoms with van der Waals surface area (Å²) in [6.45, 7) is 1.50. The van der Waals surface area contributed by atoms with E-state index in [4.69, 9.17) is 16.6 Å². The Balaban J connectivity index is 1.89. The molecule has 4 rings (SSSR count). The number of fused-ring (bicyclic) bond motifs is 3. The number of hydrogen-bond donors (Lipinski definition) is 1. The van der Waals surface area contributed by atoms with Crippen LogP contribution in [0.1, 0.15) is 18.1 Å². The molecule has 0 bridgehead atoms. The highest BCUT2D eigenvalue weighted by molar-refractivity contribution is 6.30. The van der Waals surface area contributed by atoms with Gasteiger partial charge in [0.2, 0.25) is 5.91 Å². The second-order valence-corrected chi connectivity index (χ2v) is 6.36. The number of anilines is 1. The summed E-state index contributed by atoms with van der Waals surface area (Å²) in [4.78, 5) is 16.2. The minimum absolute atomic E-state index is 0.0911. The van der Waals surface area contributed by atoms with Crippen molar-refractivity contribution in [1.82, 2.24) is 0 Å². The lowest BCUT2D eigenvalue weighted by Gasteiger charge is -2.06. The predicted octanol–water partition coefficient (Wildman–Crippen LogP) is 5.45. The van der Waals surface area contributed by atoms with Crippen LogP contribution >= 0.6 is 11.6 Å². The Morgan fingerprint density at radius 3 is 2.28 bits per heavy atom. The molecule has 25 heavy (non-hydrogen) atoms. The number of amides is 1. The lowest BCUT2D eigenvalue weighted by molar-refractivity contribution is -0.114. The van der Waals surface area contributed by atoms with Crippen molar-refractivity contribution < 1.29 is 4.79 Å². The SMILES string of the molecule is CC(=O)Nc1ccc2c(c1)C(=Nc1ccc(Cl)cc1)c1ccccc1-2. The fourth-order valence-corrected chi connectivity index (χ4v) is 3.22. The van der Waals surface area contributed by atoms with E-state index >= 15 is 0 Å². The zero-order chi connectivity index (χ0) is 17.4. The molecule has 1 amide bonds. The van der Waals surface area contributed by atoms with Crippen LogP contribution in [-0.4, -0.2) is 11.6 Å². The average Bonchev–Trinajstić information content (AvgIpc) is 2.90. The number of aliphatic imine (C=N–C) groups is 1. The van der Waals surface area contributed by atoms with Gasteiger partial charge in [0, 0.05) is 28.8 Å². The largest absolute Gasteiger partial charge is 0.326 e. The second-order valence-electron chi connectivity index (χ2n) is 5.92. The normalized spacial score (nSPS) is 13.4. The van der Waals surface area contributed by atoms with Crippen molar-refractivity contribution >= 4 is 34.6 Å². The summed E-state index contributed by atoms with van der Waals surface area (Å²) in [6.07, 6.45) is 0. The molecular weight excluding hydrogens is 332 g/mol. The van der Waals surface area contributed by atoms with Gasteiger partial charge in [-0.3, -0.25) is 4.79 Å². The first-order valence-corrected chi connectivity index (χ1v) is 8.36. The molecule has 0 aliphatic heterocycles. The topological polar surface area (TPSA) is 41.5 Å². The van der Waals surface area contributed by atoms with Crippen molar-refractivity contribution in [3.8, 4) is 11.1 Å². The molecule has 0 radical (unpaired) electrons. The molecule has 0 fully saturated rings. The van der Waals surface area contributed by atoms with Crippen LogP contribution in [0.25, 0.3) is 11.1 Å². The number of halogens is 1. The van der Waals surface area contributed by atoms with Crippen molar-refractivity contribution in [2.75, 3.05) is 5.32 Å². The quantitative estimate of drug-likeness (QED) is 0.515. The molecule has 3 nitrogen and oxygen atoms in total. The van der Waals surface area contributed by atoms with Gasteiger partial charge in [-0.25, -0.2) is 4.99 Å². The van der Waals surface area contributed by atoms with Gasteiger partial charge in [-0.05, 0) is 47.5 Å².